The van der Waals surface area contributed by atoms with Gasteiger partial charge in [-0.05, 0) is 9.85 Å². The molecule has 1 rings (SSSR count). The summed E-state index contributed by atoms with van der Waals surface area (Å²) in [7, 11) is 0. The van der Waals surface area contributed by atoms with Gasteiger partial charge >= 0.3 is 11.6 Å². The highest BCUT2D eigenvalue weighted by Gasteiger charge is 2.10. The van der Waals surface area contributed by atoms with E-state index in [4.69, 9.17) is 0 Å². The molecule has 11 heavy (non-hydrogen) atoms. The van der Waals surface area contributed by atoms with Gasteiger partial charge in [0.2, 0.25) is 0 Å². The van der Waals surface area contributed by atoms with Crippen molar-refractivity contribution in [3.05, 3.63) is 32.4 Å². The second-order valence-corrected chi connectivity index (χ2v) is 1.74. The Morgan fingerprint density at radius 2 is 1.45 bits per heavy atom. The Labute approximate surface area is 59.9 Å². The third kappa shape index (κ3) is 1.31. The van der Waals surface area contributed by atoms with E-state index in [0.717, 1.165) is 12.1 Å². The summed E-state index contributed by atoms with van der Waals surface area (Å²) < 4.78 is 0. The second-order valence-electron chi connectivity index (χ2n) is 1.74. The maximum atomic E-state index is 9.99. The summed E-state index contributed by atoms with van der Waals surface area (Å²) in [6.07, 6.45) is 0. The molecule has 0 aliphatic rings. The number of nitro groups is 2. The van der Waals surface area contributed by atoms with Gasteiger partial charge in [-0.25, -0.2) is 4.98 Å². The van der Waals surface area contributed by atoms with Gasteiger partial charge in [0.05, 0.1) is 0 Å². The molecule has 0 aliphatic carbocycles. The van der Waals surface area contributed by atoms with Crippen molar-refractivity contribution in [1.29, 1.82) is 0 Å². The maximum absolute atomic E-state index is 9.99. The lowest BCUT2D eigenvalue weighted by molar-refractivity contribution is -0.400. The van der Waals surface area contributed by atoms with Crippen molar-refractivity contribution in [1.82, 2.24) is 4.98 Å². The first-order valence-electron chi connectivity index (χ1n) is 2.59. The van der Waals surface area contributed by atoms with Crippen LogP contribution in [0.15, 0.2) is 12.1 Å². The summed E-state index contributed by atoms with van der Waals surface area (Å²) in [5.41, 5.74) is 0. The summed E-state index contributed by atoms with van der Waals surface area (Å²) in [5.74, 6) is -0.756. The minimum Gasteiger partial charge on any atom is -0.358 e. The SMILES string of the molecule is O=[N+]([O-])c1ccc([N+](=O)[O-])[nH]1. The predicted molar refractivity (Wildman–Crippen MR) is 34.1 cm³/mol. The Kier molecular flexibility index (Phi) is 1.55. The summed E-state index contributed by atoms with van der Waals surface area (Å²) in [6.45, 7) is 0. The molecule has 0 saturated carbocycles. The highest BCUT2D eigenvalue weighted by molar-refractivity contribution is 5.32. The minimum absolute atomic E-state index is 0.378. The first-order chi connectivity index (χ1) is 5.11. The standard InChI is InChI=1S/C4H3N3O4/c8-6(9)3-1-2-4(5-3)7(10)11/h1-2,5H. The third-order valence-corrected chi connectivity index (χ3v) is 1.05. The van der Waals surface area contributed by atoms with E-state index in [1.807, 2.05) is 4.98 Å². The molecule has 1 N–H and O–H groups in total. The molecule has 0 amide bonds. The molecular formula is C4H3N3O4. The zero-order valence-electron chi connectivity index (χ0n) is 5.18. The van der Waals surface area contributed by atoms with E-state index in [1.165, 1.54) is 0 Å². The van der Waals surface area contributed by atoms with Gasteiger partial charge < -0.3 is 20.2 Å². The van der Waals surface area contributed by atoms with Crippen molar-refractivity contribution in [2.45, 2.75) is 0 Å². The molecule has 1 aromatic heterocycles. The number of rotatable bonds is 2. The predicted octanol–water partition coefficient (Wildman–Crippen LogP) is 0.831. The highest BCUT2D eigenvalue weighted by Crippen LogP contribution is 2.15. The first-order valence-corrected chi connectivity index (χ1v) is 2.59. The van der Waals surface area contributed by atoms with Crippen LogP contribution in [0, 0.1) is 20.2 Å². The smallest absolute Gasteiger partial charge is 0.324 e. The van der Waals surface area contributed by atoms with Crippen molar-refractivity contribution in [2.75, 3.05) is 0 Å². The van der Waals surface area contributed by atoms with Crippen LogP contribution in [0.4, 0.5) is 11.6 Å². The number of hydrogen-bond acceptors (Lipinski definition) is 4. The van der Waals surface area contributed by atoms with Crippen molar-refractivity contribution in [3.8, 4) is 0 Å². The average Bonchev–Trinajstić information content (AvgIpc) is 2.33. The van der Waals surface area contributed by atoms with Gasteiger partial charge in [-0.1, -0.05) is 0 Å². The topological polar surface area (TPSA) is 102 Å². The quantitative estimate of drug-likeness (QED) is 0.507. The Morgan fingerprint density at radius 1 is 1.09 bits per heavy atom. The molecule has 0 bridgehead atoms. The van der Waals surface area contributed by atoms with Gasteiger partial charge in [0.1, 0.15) is 0 Å². The van der Waals surface area contributed by atoms with Crippen LogP contribution in [0.2, 0.25) is 0 Å². The molecular weight excluding hydrogens is 154 g/mol. The molecule has 0 fully saturated rings. The molecule has 0 saturated heterocycles. The summed E-state index contributed by atoms with van der Waals surface area (Å²) in [6, 6.07) is 2.08. The molecule has 0 unspecified atom stereocenters. The van der Waals surface area contributed by atoms with Gasteiger partial charge in [0.25, 0.3) is 0 Å². The maximum Gasteiger partial charge on any atom is 0.324 e. The zero-order chi connectivity index (χ0) is 8.43. The van der Waals surface area contributed by atoms with Crippen molar-refractivity contribution in [2.24, 2.45) is 0 Å². The van der Waals surface area contributed by atoms with Crippen LogP contribution >= 0.6 is 0 Å². The third-order valence-electron chi connectivity index (χ3n) is 1.05. The van der Waals surface area contributed by atoms with Crippen molar-refractivity contribution >= 4 is 11.6 Å². The molecule has 0 radical (unpaired) electrons. The van der Waals surface area contributed by atoms with Crippen LogP contribution in [0.25, 0.3) is 0 Å². The van der Waals surface area contributed by atoms with Crippen LogP contribution in [-0.4, -0.2) is 14.8 Å². The highest BCUT2D eigenvalue weighted by atomic mass is 16.6. The average molecular weight is 157 g/mol. The van der Waals surface area contributed by atoms with Gasteiger partial charge in [-0.15, -0.1) is 0 Å². The van der Waals surface area contributed by atoms with Crippen LogP contribution in [0.5, 0.6) is 0 Å². The second kappa shape index (κ2) is 2.37. The zero-order valence-corrected chi connectivity index (χ0v) is 5.18. The normalized spacial score (nSPS) is 9.45. The van der Waals surface area contributed by atoms with Gasteiger partial charge in [-0.2, -0.15) is 0 Å². The van der Waals surface area contributed by atoms with Gasteiger partial charge in [0.15, 0.2) is 0 Å². The summed E-state index contributed by atoms with van der Waals surface area (Å²) in [5, 5.41) is 20.0. The van der Waals surface area contributed by atoms with E-state index in [1.54, 1.807) is 0 Å². The number of H-pyrrole nitrogens is 1. The number of nitrogens with one attached hydrogen (secondary N) is 1. The molecule has 7 heteroatoms. The fourth-order valence-electron chi connectivity index (χ4n) is 0.585. The molecule has 0 aromatic carbocycles. The number of hydrogen-bond donors (Lipinski definition) is 1. The van der Waals surface area contributed by atoms with Crippen LogP contribution < -0.4 is 0 Å². The Bertz CT molecular complexity index is 276. The monoisotopic (exact) mass is 157 g/mol. The lowest BCUT2D eigenvalue weighted by atomic mass is 10.6. The Balaban J connectivity index is 2.99. The van der Waals surface area contributed by atoms with Crippen LogP contribution in [-0.2, 0) is 0 Å². The molecule has 0 atom stereocenters. The molecule has 7 nitrogen and oxygen atoms in total. The van der Waals surface area contributed by atoms with Crippen LogP contribution in [0.1, 0.15) is 0 Å². The van der Waals surface area contributed by atoms with E-state index in [2.05, 4.69) is 0 Å². The Hall–Kier alpha value is -1.92. The summed E-state index contributed by atoms with van der Waals surface area (Å²) in [4.78, 5) is 20.5. The fraction of sp³-hybridized carbons (Fsp3) is 0. The molecule has 0 spiro atoms. The minimum atomic E-state index is -0.729. The summed E-state index contributed by atoms with van der Waals surface area (Å²) >= 11 is 0. The van der Waals surface area contributed by atoms with E-state index in [0.29, 0.717) is 0 Å². The lowest BCUT2D eigenvalue weighted by Crippen LogP contribution is -1.90. The lowest BCUT2D eigenvalue weighted by Gasteiger charge is -1.88. The van der Waals surface area contributed by atoms with Crippen molar-refractivity contribution < 1.29 is 9.85 Å². The fourth-order valence-corrected chi connectivity index (χ4v) is 0.585. The van der Waals surface area contributed by atoms with E-state index in [9.17, 15) is 20.2 Å². The molecule has 58 valence electrons. The molecule has 1 heterocycles. The number of aromatic nitrogens is 1. The molecule has 1 aromatic rings. The van der Waals surface area contributed by atoms with Gasteiger partial charge in [-0.3, -0.25) is 0 Å². The van der Waals surface area contributed by atoms with E-state index >= 15 is 0 Å². The largest absolute Gasteiger partial charge is 0.358 e. The van der Waals surface area contributed by atoms with Gasteiger partial charge in [0, 0.05) is 12.1 Å². The van der Waals surface area contributed by atoms with Crippen molar-refractivity contribution in [3.63, 3.8) is 0 Å². The van der Waals surface area contributed by atoms with Crippen LogP contribution in [0.3, 0.4) is 0 Å². The first kappa shape index (κ1) is 7.19. The number of aromatic amines is 1. The number of nitrogens with zero attached hydrogens (tertiary/aromatic N) is 2. The van der Waals surface area contributed by atoms with E-state index < -0.39 is 9.85 Å². The van der Waals surface area contributed by atoms with E-state index in [-0.39, 0.29) is 11.6 Å². The Morgan fingerprint density at radius 3 is 1.64 bits per heavy atom. The molecule has 0 aliphatic heterocycles.